The van der Waals surface area contributed by atoms with Crippen molar-refractivity contribution in [3.05, 3.63) is 64.9 Å². The molecule has 2 aliphatic rings. The zero-order chi connectivity index (χ0) is 26.5. The Labute approximate surface area is 230 Å². The number of carbonyl (C=O) groups is 1. The first kappa shape index (κ1) is 26.5. The molecule has 2 atom stereocenters. The maximum absolute atomic E-state index is 13.7. The van der Waals surface area contributed by atoms with Crippen LogP contribution in [0.2, 0.25) is 5.02 Å². The quantitative estimate of drug-likeness (QED) is 0.362. The lowest BCUT2D eigenvalue weighted by Crippen LogP contribution is -2.49. The maximum atomic E-state index is 13.7. The molecule has 1 amide bonds. The van der Waals surface area contributed by atoms with Crippen molar-refractivity contribution in [1.29, 1.82) is 0 Å². The minimum Gasteiger partial charge on any atom is -0.358 e. The molecule has 1 aliphatic heterocycles. The summed E-state index contributed by atoms with van der Waals surface area (Å²) in [6.45, 7) is 1.43. The van der Waals surface area contributed by atoms with Crippen LogP contribution in [0.4, 0.5) is 11.8 Å². The van der Waals surface area contributed by atoms with Gasteiger partial charge in [-0.3, -0.25) is 9.69 Å². The number of benzene rings is 1. The topological polar surface area (TPSA) is 87.1 Å². The van der Waals surface area contributed by atoms with E-state index in [1.165, 1.54) is 43.2 Å². The highest BCUT2D eigenvalue weighted by atomic mass is 35.5. The first-order valence-electron chi connectivity index (χ1n) is 13.7. The van der Waals surface area contributed by atoms with E-state index < -0.39 is 0 Å². The van der Waals surface area contributed by atoms with Crippen LogP contribution >= 0.6 is 11.6 Å². The second kappa shape index (κ2) is 12.2. The molecule has 9 heteroatoms. The third kappa shape index (κ3) is 6.48. The van der Waals surface area contributed by atoms with Crippen LogP contribution in [0.1, 0.15) is 49.7 Å². The molecule has 2 aromatic heterocycles. The molecule has 8 nitrogen and oxygen atoms in total. The zero-order valence-corrected chi connectivity index (χ0v) is 23.0. The summed E-state index contributed by atoms with van der Waals surface area (Å²) >= 11 is 6.21. The molecule has 1 saturated carbocycles. The van der Waals surface area contributed by atoms with Gasteiger partial charge in [0.1, 0.15) is 17.7 Å². The Morgan fingerprint density at radius 2 is 1.89 bits per heavy atom. The Bertz CT molecular complexity index is 1230. The van der Waals surface area contributed by atoms with Gasteiger partial charge >= 0.3 is 0 Å². The van der Waals surface area contributed by atoms with Gasteiger partial charge in [-0.1, -0.05) is 49.8 Å². The summed E-state index contributed by atoms with van der Waals surface area (Å²) in [6.07, 6.45) is 11.7. The van der Waals surface area contributed by atoms with E-state index in [1.54, 1.807) is 7.05 Å². The highest BCUT2D eigenvalue weighted by molar-refractivity contribution is 6.30. The van der Waals surface area contributed by atoms with E-state index in [0.717, 1.165) is 30.2 Å². The molecule has 5 rings (SSSR count). The van der Waals surface area contributed by atoms with Crippen LogP contribution in [0, 0.1) is 5.92 Å². The fourth-order valence-corrected chi connectivity index (χ4v) is 5.92. The number of halogens is 1. The Kier molecular flexibility index (Phi) is 8.49. The van der Waals surface area contributed by atoms with Crippen LogP contribution in [-0.4, -0.2) is 58.1 Å². The fourth-order valence-electron chi connectivity index (χ4n) is 5.72. The van der Waals surface area contributed by atoms with Crippen LogP contribution in [0.25, 0.3) is 5.82 Å². The molecule has 3 aromatic rings. The number of likely N-dealkylation sites (N-methyl/N-ethyl adjacent to an activating group) is 1. The molecule has 1 fully saturated rings. The molecule has 1 unspecified atom stereocenters. The summed E-state index contributed by atoms with van der Waals surface area (Å²) in [4.78, 5) is 25.2. The summed E-state index contributed by atoms with van der Waals surface area (Å²) in [5, 5.41) is 10.6. The predicted molar refractivity (Wildman–Crippen MR) is 153 cm³/mol. The molecular weight excluding hydrogens is 498 g/mol. The Balaban J connectivity index is 1.30. The van der Waals surface area contributed by atoms with Gasteiger partial charge in [-0.2, -0.15) is 9.97 Å². The highest BCUT2D eigenvalue weighted by Crippen LogP contribution is 2.29. The summed E-state index contributed by atoms with van der Waals surface area (Å²) in [6, 6.07) is 11.8. The van der Waals surface area contributed by atoms with Crippen molar-refractivity contribution in [1.82, 2.24) is 24.8 Å². The number of hydrogen-bond acceptors (Lipinski definition) is 6. The average molecular weight is 536 g/mol. The summed E-state index contributed by atoms with van der Waals surface area (Å²) < 4.78 is 1.94. The summed E-state index contributed by atoms with van der Waals surface area (Å²) in [7, 11) is 3.92. The van der Waals surface area contributed by atoms with E-state index in [0.29, 0.717) is 24.2 Å². The summed E-state index contributed by atoms with van der Waals surface area (Å²) in [5.41, 5.74) is 2.57. The van der Waals surface area contributed by atoms with Crippen molar-refractivity contribution in [3.63, 3.8) is 0 Å². The second-order valence-corrected chi connectivity index (χ2v) is 11.1. The van der Waals surface area contributed by atoms with Crippen molar-refractivity contribution in [2.75, 3.05) is 31.3 Å². The average Bonchev–Trinajstić information content (AvgIpc) is 3.47. The summed E-state index contributed by atoms with van der Waals surface area (Å²) in [5.74, 6) is 2.47. The van der Waals surface area contributed by atoms with Crippen LogP contribution in [0.3, 0.4) is 0 Å². The molecule has 0 saturated heterocycles. The molecule has 1 aliphatic carbocycles. The number of aromatic nitrogens is 3. The monoisotopic (exact) mass is 535 g/mol. The van der Waals surface area contributed by atoms with Crippen molar-refractivity contribution >= 4 is 29.3 Å². The van der Waals surface area contributed by atoms with Crippen LogP contribution < -0.4 is 16.0 Å². The van der Waals surface area contributed by atoms with Gasteiger partial charge in [0.05, 0.1) is 0 Å². The van der Waals surface area contributed by atoms with Gasteiger partial charge in [0, 0.05) is 49.7 Å². The number of anilines is 2. The van der Waals surface area contributed by atoms with Crippen molar-refractivity contribution in [2.24, 2.45) is 5.92 Å². The lowest BCUT2D eigenvalue weighted by Gasteiger charge is -2.35. The normalized spacial score (nSPS) is 19.0. The molecule has 202 valence electrons. The third-order valence-corrected chi connectivity index (χ3v) is 8.15. The Hall–Kier alpha value is -3.10. The lowest BCUT2D eigenvalue weighted by atomic mass is 9.84. The Morgan fingerprint density at radius 3 is 2.66 bits per heavy atom. The number of carbonyl (C=O) groups excluding carboxylic acids is 1. The third-order valence-electron chi connectivity index (χ3n) is 7.92. The molecule has 38 heavy (non-hydrogen) atoms. The first-order chi connectivity index (χ1) is 18.5. The van der Waals surface area contributed by atoms with Crippen LogP contribution in [0.15, 0.2) is 48.8 Å². The van der Waals surface area contributed by atoms with E-state index in [1.807, 2.05) is 41.2 Å². The molecular formula is C29H38ClN7O. The Morgan fingerprint density at radius 1 is 1.11 bits per heavy atom. The first-order valence-corrected chi connectivity index (χ1v) is 14.1. The SMILES string of the molecule is CNc1nc(N[C@H](CC2CCCCC2)C(=O)NCC2Cc3ccc(Cl)cc3CN2C)cc(-n2cccc2)n1. The number of amides is 1. The zero-order valence-electron chi connectivity index (χ0n) is 22.3. The smallest absolute Gasteiger partial charge is 0.242 e. The van der Waals surface area contributed by atoms with Gasteiger partial charge in [0.15, 0.2) is 0 Å². The minimum atomic E-state index is -0.366. The minimum absolute atomic E-state index is 0.0259. The van der Waals surface area contributed by atoms with Gasteiger partial charge in [-0.05, 0) is 61.2 Å². The number of nitrogens with zero attached hydrogens (tertiary/aromatic N) is 4. The second-order valence-electron chi connectivity index (χ2n) is 10.6. The largest absolute Gasteiger partial charge is 0.358 e. The van der Waals surface area contributed by atoms with Crippen molar-refractivity contribution < 1.29 is 4.79 Å². The number of rotatable bonds is 9. The number of fused-ring (bicyclic) bond motifs is 1. The standard InChI is InChI=1S/C29H38ClN7O/c1-31-29-34-26(17-27(35-29)37-12-6-7-13-37)33-25(14-20-8-4-3-5-9-20)28(38)32-18-24-16-21-10-11-23(30)15-22(21)19-36(24)2/h6-7,10-13,15,17,20,24-25H,3-5,8-9,14,16,18-19H2,1-2H3,(H,32,38)(H2,31,33,34,35)/t24?,25-/m1/s1. The van der Waals surface area contributed by atoms with Gasteiger partial charge in [0.2, 0.25) is 11.9 Å². The molecule has 0 radical (unpaired) electrons. The fraction of sp³-hybridized carbons (Fsp3) is 0.483. The molecule has 3 N–H and O–H groups in total. The van der Waals surface area contributed by atoms with Gasteiger partial charge in [-0.25, -0.2) is 0 Å². The molecule has 0 bridgehead atoms. The molecule has 1 aromatic carbocycles. The molecule has 3 heterocycles. The number of nitrogens with one attached hydrogen (secondary N) is 3. The van der Waals surface area contributed by atoms with E-state index in [9.17, 15) is 4.79 Å². The lowest BCUT2D eigenvalue weighted by molar-refractivity contribution is -0.122. The van der Waals surface area contributed by atoms with Gasteiger partial charge < -0.3 is 20.5 Å². The van der Waals surface area contributed by atoms with E-state index in [-0.39, 0.29) is 18.0 Å². The van der Waals surface area contributed by atoms with Crippen molar-refractivity contribution in [2.45, 2.75) is 63.6 Å². The number of hydrogen-bond donors (Lipinski definition) is 3. The molecule has 0 spiro atoms. The van der Waals surface area contributed by atoms with E-state index in [2.05, 4.69) is 50.0 Å². The van der Waals surface area contributed by atoms with Crippen LogP contribution in [0.5, 0.6) is 0 Å². The predicted octanol–water partition coefficient (Wildman–Crippen LogP) is 4.89. The highest BCUT2D eigenvalue weighted by Gasteiger charge is 2.28. The maximum Gasteiger partial charge on any atom is 0.242 e. The van der Waals surface area contributed by atoms with Crippen LogP contribution in [-0.2, 0) is 17.8 Å². The van der Waals surface area contributed by atoms with E-state index >= 15 is 0 Å². The van der Waals surface area contributed by atoms with E-state index in [4.69, 9.17) is 11.6 Å². The van der Waals surface area contributed by atoms with Crippen molar-refractivity contribution in [3.8, 4) is 5.82 Å². The van der Waals surface area contributed by atoms with Gasteiger partial charge in [-0.15, -0.1) is 0 Å². The van der Waals surface area contributed by atoms with Gasteiger partial charge in [0.25, 0.3) is 0 Å².